The number of hydrogen-bond donors (Lipinski definition) is 3. The lowest BCUT2D eigenvalue weighted by molar-refractivity contribution is -0.161. The zero-order valence-corrected chi connectivity index (χ0v) is 59.4. The first kappa shape index (κ1) is 87.1. The van der Waals surface area contributed by atoms with Gasteiger partial charge in [-0.2, -0.15) is 0 Å². The Labute approximate surface area is 543 Å². The smallest absolute Gasteiger partial charge is 0.462 e. The summed E-state index contributed by atoms with van der Waals surface area (Å²) in [6.45, 7) is 7.15. The second kappa shape index (κ2) is 63.5. The van der Waals surface area contributed by atoms with Crippen molar-refractivity contribution < 1.29 is 80.2 Å². The summed E-state index contributed by atoms with van der Waals surface area (Å²) in [5, 5.41) is 10.6. The molecule has 89 heavy (non-hydrogen) atoms. The third-order valence-electron chi connectivity index (χ3n) is 16.3. The first-order valence-corrected chi connectivity index (χ1v) is 39.6. The second-order valence-corrected chi connectivity index (χ2v) is 28.7. The molecular weight excluding hydrogens is 1170 g/mol. The Balaban J connectivity index is 5.12. The van der Waals surface area contributed by atoms with Gasteiger partial charge in [-0.25, -0.2) is 9.13 Å². The van der Waals surface area contributed by atoms with Gasteiger partial charge in [0.1, 0.15) is 19.3 Å². The minimum absolute atomic E-state index is 0.106. The topological polar surface area (TPSA) is 237 Å². The lowest BCUT2D eigenvalue weighted by atomic mass is 10.0. The molecule has 17 nitrogen and oxygen atoms in total. The lowest BCUT2D eigenvalue weighted by Crippen LogP contribution is -2.30. The molecule has 0 saturated carbocycles. The van der Waals surface area contributed by atoms with E-state index in [1.165, 1.54) is 180 Å². The minimum Gasteiger partial charge on any atom is -0.462 e. The summed E-state index contributed by atoms with van der Waals surface area (Å²) in [4.78, 5) is 72.3. The number of rotatable bonds is 70. The fraction of sp³-hybridized carbons (Fsp3) is 0.943. The van der Waals surface area contributed by atoms with Crippen LogP contribution in [0.15, 0.2) is 0 Å². The summed E-state index contributed by atoms with van der Waals surface area (Å²) >= 11 is 0. The maximum absolute atomic E-state index is 13.0. The zero-order chi connectivity index (χ0) is 65.6. The van der Waals surface area contributed by atoms with Crippen molar-refractivity contribution >= 4 is 39.5 Å². The second-order valence-electron chi connectivity index (χ2n) is 25.7. The average Bonchev–Trinajstić information content (AvgIpc) is 3.57. The van der Waals surface area contributed by atoms with Gasteiger partial charge in [0.05, 0.1) is 26.4 Å². The number of aliphatic hydroxyl groups is 1. The molecule has 0 aliphatic rings. The molecule has 0 fully saturated rings. The van der Waals surface area contributed by atoms with Crippen molar-refractivity contribution in [3.05, 3.63) is 0 Å². The summed E-state index contributed by atoms with van der Waals surface area (Å²) in [7, 11) is -9.89. The molecule has 0 aliphatic heterocycles. The Kier molecular flexibility index (Phi) is 62.1. The quantitative estimate of drug-likeness (QED) is 0.0222. The van der Waals surface area contributed by atoms with Gasteiger partial charge in [0, 0.05) is 25.7 Å². The van der Waals surface area contributed by atoms with Gasteiger partial charge in [0.15, 0.2) is 12.2 Å². The Morgan fingerprint density at radius 3 is 0.764 bits per heavy atom. The number of esters is 4. The van der Waals surface area contributed by atoms with Crippen LogP contribution in [0.4, 0.5) is 0 Å². The van der Waals surface area contributed by atoms with E-state index >= 15 is 0 Å². The Hall–Kier alpha value is -1.94. The fourth-order valence-electron chi connectivity index (χ4n) is 10.6. The molecular formula is C70H136O17P2. The number of unbranched alkanes of at least 4 members (excludes halogenated alkanes) is 42. The summed E-state index contributed by atoms with van der Waals surface area (Å²) in [6, 6.07) is 0. The fourth-order valence-corrected chi connectivity index (χ4v) is 12.2. The van der Waals surface area contributed by atoms with E-state index in [0.29, 0.717) is 31.6 Å². The lowest BCUT2D eigenvalue weighted by Gasteiger charge is -2.21. The van der Waals surface area contributed by atoms with Crippen LogP contribution in [0.25, 0.3) is 0 Å². The van der Waals surface area contributed by atoms with Gasteiger partial charge < -0.3 is 33.8 Å². The molecule has 0 amide bonds. The van der Waals surface area contributed by atoms with Gasteiger partial charge in [0.2, 0.25) is 0 Å². The van der Waals surface area contributed by atoms with Crippen LogP contribution in [0.3, 0.4) is 0 Å². The molecule has 0 aromatic carbocycles. The summed E-state index contributed by atoms with van der Waals surface area (Å²) in [5.74, 6) is -1.42. The highest BCUT2D eigenvalue weighted by atomic mass is 31.2. The normalized spacial score (nSPS) is 14.1. The molecule has 0 aliphatic carbocycles. The van der Waals surface area contributed by atoms with Crippen LogP contribution >= 0.6 is 15.6 Å². The molecule has 2 unspecified atom stereocenters. The summed E-state index contributed by atoms with van der Waals surface area (Å²) in [5.41, 5.74) is 0. The first-order chi connectivity index (χ1) is 43.0. The van der Waals surface area contributed by atoms with Crippen LogP contribution in [-0.4, -0.2) is 96.7 Å². The zero-order valence-electron chi connectivity index (χ0n) is 57.6. The van der Waals surface area contributed by atoms with E-state index < -0.39 is 97.5 Å². The van der Waals surface area contributed by atoms with Gasteiger partial charge in [-0.3, -0.25) is 37.3 Å². The predicted molar refractivity (Wildman–Crippen MR) is 358 cm³/mol. The Morgan fingerprint density at radius 1 is 0.303 bits per heavy atom. The maximum atomic E-state index is 13.0. The minimum atomic E-state index is -4.95. The van der Waals surface area contributed by atoms with Crippen molar-refractivity contribution in [3.63, 3.8) is 0 Å². The van der Waals surface area contributed by atoms with Crippen molar-refractivity contribution in [2.45, 2.75) is 380 Å². The van der Waals surface area contributed by atoms with Crippen LogP contribution in [0.2, 0.25) is 0 Å². The Morgan fingerprint density at radius 2 is 0.517 bits per heavy atom. The summed E-state index contributed by atoms with van der Waals surface area (Å²) in [6.07, 6.45) is 50.3. The number of ether oxygens (including phenoxy) is 4. The van der Waals surface area contributed by atoms with Crippen LogP contribution in [0.5, 0.6) is 0 Å². The molecule has 0 rings (SSSR count). The number of carbonyl (C=O) groups is 4. The maximum Gasteiger partial charge on any atom is 0.472 e. The van der Waals surface area contributed by atoms with E-state index in [2.05, 4.69) is 34.6 Å². The van der Waals surface area contributed by atoms with E-state index in [1.54, 1.807) is 0 Å². The third kappa shape index (κ3) is 64.6. The van der Waals surface area contributed by atoms with E-state index in [9.17, 15) is 43.2 Å². The van der Waals surface area contributed by atoms with E-state index in [4.69, 9.17) is 37.0 Å². The van der Waals surface area contributed by atoms with E-state index in [0.717, 1.165) is 96.3 Å². The molecule has 0 spiro atoms. The molecule has 3 N–H and O–H groups in total. The molecule has 0 bridgehead atoms. The van der Waals surface area contributed by atoms with Crippen LogP contribution < -0.4 is 0 Å². The van der Waals surface area contributed by atoms with Gasteiger partial charge in [-0.15, -0.1) is 0 Å². The number of hydrogen-bond acceptors (Lipinski definition) is 15. The molecule has 0 saturated heterocycles. The Bertz CT molecular complexity index is 1720. The molecule has 0 heterocycles. The molecule has 0 aromatic heterocycles. The van der Waals surface area contributed by atoms with Crippen LogP contribution in [0, 0.1) is 5.92 Å². The number of phosphoric ester groups is 2. The summed E-state index contributed by atoms with van der Waals surface area (Å²) < 4.78 is 68.1. The van der Waals surface area contributed by atoms with Crippen molar-refractivity contribution in [1.82, 2.24) is 0 Å². The molecule has 19 heteroatoms. The monoisotopic (exact) mass is 1310 g/mol. The molecule has 0 radical (unpaired) electrons. The van der Waals surface area contributed by atoms with Crippen LogP contribution in [0.1, 0.15) is 362 Å². The van der Waals surface area contributed by atoms with Gasteiger partial charge in [-0.1, -0.05) is 311 Å². The standard InChI is InChI=1S/C70H136O17P2/c1-6-9-12-15-18-21-22-23-24-25-26-27-28-29-30-31-32-35-40-46-51-56-70(75)87-66(60-81-68(73)54-49-44-41-36-37-42-47-52-63(4)5)62-85-89(78,79)83-58-64(71)57-82-88(76,77)84-61-65(86-69(74)55-50-45-39-34-20-17-14-11-8-3)59-80-67(72)53-48-43-38-33-19-16-13-10-7-2/h63-66,71H,6-62H2,1-5H3,(H,76,77)(H,78,79)/t64-,65+,66+/m0/s1. The van der Waals surface area contributed by atoms with Crippen LogP contribution in [-0.2, 0) is 65.4 Å². The van der Waals surface area contributed by atoms with Crippen molar-refractivity contribution in [3.8, 4) is 0 Å². The average molecular weight is 1310 g/mol. The highest BCUT2D eigenvalue weighted by Crippen LogP contribution is 2.45. The molecule has 528 valence electrons. The SMILES string of the molecule is CCCCCCCCCCCCCCCCCCCCCCCC(=O)O[C@H](COC(=O)CCCCCCCCCC(C)C)COP(=O)(O)OC[C@@H](O)COP(=O)(O)OC[C@@H](COC(=O)CCCCCCCCCCC)OC(=O)CCCCCCCCCCC. The van der Waals surface area contributed by atoms with Crippen molar-refractivity contribution in [2.75, 3.05) is 39.6 Å². The molecule has 0 aromatic rings. The van der Waals surface area contributed by atoms with E-state index in [-0.39, 0.29) is 25.7 Å². The van der Waals surface area contributed by atoms with Crippen molar-refractivity contribution in [2.24, 2.45) is 5.92 Å². The largest absolute Gasteiger partial charge is 0.472 e. The number of carbonyl (C=O) groups excluding carboxylic acids is 4. The van der Waals surface area contributed by atoms with Gasteiger partial charge in [0.25, 0.3) is 0 Å². The van der Waals surface area contributed by atoms with Gasteiger partial charge >= 0.3 is 39.5 Å². The van der Waals surface area contributed by atoms with E-state index in [1.807, 2.05) is 0 Å². The third-order valence-corrected chi connectivity index (χ3v) is 18.2. The highest BCUT2D eigenvalue weighted by Gasteiger charge is 2.30. The highest BCUT2D eigenvalue weighted by molar-refractivity contribution is 7.47. The predicted octanol–water partition coefficient (Wildman–Crippen LogP) is 20.1. The number of aliphatic hydroxyl groups excluding tert-OH is 1. The number of phosphoric acid groups is 2. The first-order valence-electron chi connectivity index (χ1n) is 36.6. The van der Waals surface area contributed by atoms with Crippen molar-refractivity contribution in [1.29, 1.82) is 0 Å². The molecule has 5 atom stereocenters. The van der Waals surface area contributed by atoms with Gasteiger partial charge in [-0.05, 0) is 31.6 Å².